The monoisotopic (exact) mass is 236 g/mol. The first-order chi connectivity index (χ1) is 8.00. The summed E-state index contributed by atoms with van der Waals surface area (Å²) in [7, 11) is 0. The van der Waals surface area contributed by atoms with Crippen LogP contribution in [0.1, 0.15) is 24.2 Å². The second-order valence-electron chi connectivity index (χ2n) is 3.64. The number of amides is 2. The van der Waals surface area contributed by atoms with Crippen LogP contribution in [0.4, 0.5) is 4.39 Å². The predicted molar refractivity (Wildman–Crippen MR) is 61.4 cm³/mol. The molecule has 90 valence electrons. The van der Waals surface area contributed by atoms with Gasteiger partial charge in [-0.3, -0.25) is 20.4 Å². The number of carbonyl (C=O) groups excluding carboxylic acids is 2. The maximum atomic E-state index is 13.2. The fourth-order valence-corrected chi connectivity index (χ4v) is 1.13. The van der Waals surface area contributed by atoms with Crippen LogP contribution in [0.3, 0.4) is 0 Å². The average Bonchev–Trinajstić information content (AvgIpc) is 2.25. The first-order valence-corrected chi connectivity index (χ1v) is 5.00. The standard InChI is InChI=1S/C12H13FN2O2/c1-8(2)7-11(16)14-15-12(17)9-5-3-4-6-10(9)13/h3-7H,1-2H3,(H,14,16)(H,15,17). The highest BCUT2D eigenvalue weighted by molar-refractivity contribution is 5.97. The molecule has 1 aromatic rings. The Morgan fingerprint density at radius 3 is 2.41 bits per heavy atom. The van der Waals surface area contributed by atoms with Gasteiger partial charge in [0.1, 0.15) is 5.82 Å². The summed E-state index contributed by atoms with van der Waals surface area (Å²) in [6.07, 6.45) is 1.32. The Hall–Kier alpha value is -2.17. The van der Waals surface area contributed by atoms with Gasteiger partial charge in [0.25, 0.3) is 11.8 Å². The van der Waals surface area contributed by atoms with Gasteiger partial charge in [0.15, 0.2) is 0 Å². The number of hydrogen-bond acceptors (Lipinski definition) is 2. The van der Waals surface area contributed by atoms with Gasteiger partial charge in [-0.2, -0.15) is 0 Å². The molecule has 0 spiro atoms. The Morgan fingerprint density at radius 2 is 1.82 bits per heavy atom. The lowest BCUT2D eigenvalue weighted by molar-refractivity contribution is -0.117. The maximum Gasteiger partial charge on any atom is 0.272 e. The van der Waals surface area contributed by atoms with Gasteiger partial charge in [-0.15, -0.1) is 0 Å². The van der Waals surface area contributed by atoms with E-state index in [2.05, 4.69) is 10.9 Å². The normalized spacial score (nSPS) is 9.35. The summed E-state index contributed by atoms with van der Waals surface area (Å²) in [5.41, 5.74) is 4.95. The molecule has 0 unspecified atom stereocenters. The zero-order valence-corrected chi connectivity index (χ0v) is 9.58. The van der Waals surface area contributed by atoms with Gasteiger partial charge in [0, 0.05) is 6.08 Å². The van der Waals surface area contributed by atoms with E-state index in [1.807, 2.05) is 0 Å². The molecule has 5 heteroatoms. The minimum absolute atomic E-state index is 0.120. The van der Waals surface area contributed by atoms with Crippen LogP contribution in [0.25, 0.3) is 0 Å². The van der Waals surface area contributed by atoms with Gasteiger partial charge in [-0.25, -0.2) is 4.39 Å². The van der Waals surface area contributed by atoms with Crippen LogP contribution in [0.2, 0.25) is 0 Å². The SMILES string of the molecule is CC(C)=CC(=O)NNC(=O)c1ccccc1F. The molecule has 1 aromatic carbocycles. The van der Waals surface area contributed by atoms with Crippen LogP contribution in [0, 0.1) is 5.82 Å². The summed E-state index contributed by atoms with van der Waals surface area (Å²) in [5, 5.41) is 0. The van der Waals surface area contributed by atoms with Crippen LogP contribution in [-0.4, -0.2) is 11.8 Å². The second kappa shape index (κ2) is 5.79. The molecule has 1 rings (SSSR count). The lowest BCUT2D eigenvalue weighted by atomic mass is 10.2. The third-order valence-electron chi connectivity index (χ3n) is 1.84. The van der Waals surface area contributed by atoms with Crippen LogP contribution in [0.5, 0.6) is 0 Å². The Morgan fingerprint density at radius 1 is 1.18 bits per heavy atom. The minimum atomic E-state index is -0.696. The molecule has 0 fully saturated rings. The van der Waals surface area contributed by atoms with Crippen LogP contribution in [-0.2, 0) is 4.79 Å². The van der Waals surface area contributed by atoms with Crippen molar-refractivity contribution in [2.24, 2.45) is 0 Å². The Kier molecular flexibility index (Phi) is 4.39. The summed E-state index contributed by atoms with van der Waals surface area (Å²) in [5.74, 6) is -1.80. The van der Waals surface area contributed by atoms with E-state index in [4.69, 9.17) is 0 Å². The summed E-state index contributed by atoms with van der Waals surface area (Å²) in [6.45, 7) is 3.50. The second-order valence-corrected chi connectivity index (χ2v) is 3.64. The van der Waals surface area contributed by atoms with E-state index in [0.29, 0.717) is 0 Å². The smallest absolute Gasteiger partial charge is 0.268 e. The van der Waals surface area contributed by atoms with Crippen molar-refractivity contribution in [3.05, 3.63) is 47.3 Å². The molecule has 17 heavy (non-hydrogen) atoms. The molecule has 2 N–H and O–H groups in total. The van der Waals surface area contributed by atoms with E-state index < -0.39 is 17.6 Å². The van der Waals surface area contributed by atoms with Crippen LogP contribution in [0.15, 0.2) is 35.9 Å². The van der Waals surface area contributed by atoms with E-state index >= 15 is 0 Å². The van der Waals surface area contributed by atoms with Crippen molar-refractivity contribution in [2.45, 2.75) is 13.8 Å². The summed E-state index contributed by atoms with van der Waals surface area (Å²) >= 11 is 0. The number of halogens is 1. The van der Waals surface area contributed by atoms with Gasteiger partial charge in [0.05, 0.1) is 5.56 Å². The first-order valence-electron chi connectivity index (χ1n) is 5.00. The minimum Gasteiger partial charge on any atom is -0.268 e. The molecule has 0 radical (unpaired) electrons. The molecule has 0 saturated carbocycles. The lowest BCUT2D eigenvalue weighted by Crippen LogP contribution is -2.41. The number of hydrazine groups is 1. The highest BCUT2D eigenvalue weighted by atomic mass is 19.1. The van der Waals surface area contributed by atoms with E-state index in [1.54, 1.807) is 13.8 Å². The third kappa shape index (κ3) is 4.06. The van der Waals surface area contributed by atoms with Crippen molar-refractivity contribution in [1.82, 2.24) is 10.9 Å². The fourth-order valence-electron chi connectivity index (χ4n) is 1.13. The molecule has 0 aliphatic rings. The van der Waals surface area contributed by atoms with Crippen molar-refractivity contribution in [2.75, 3.05) is 0 Å². The van der Waals surface area contributed by atoms with Gasteiger partial charge >= 0.3 is 0 Å². The van der Waals surface area contributed by atoms with Crippen molar-refractivity contribution < 1.29 is 14.0 Å². The first kappa shape index (κ1) is 12.9. The lowest BCUT2D eigenvalue weighted by Gasteiger charge is -2.06. The highest BCUT2D eigenvalue weighted by Gasteiger charge is 2.10. The molecule has 4 nitrogen and oxygen atoms in total. The molecule has 0 bridgehead atoms. The van der Waals surface area contributed by atoms with Crippen molar-refractivity contribution in [1.29, 1.82) is 0 Å². The van der Waals surface area contributed by atoms with Crippen molar-refractivity contribution >= 4 is 11.8 Å². The van der Waals surface area contributed by atoms with E-state index in [9.17, 15) is 14.0 Å². The Labute approximate surface area is 98.5 Å². The molecular formula is C12H13FN2O2. The number of rotatable bonds is 2. The molecule has 2 amide bonds. The van der Waals surface area contributed by atoms with E-state index in [1.165, 1.54) is 30.3 Å². The summed E-state index contributed by atoms with van der Waals surface area (Å²) in [6, 6.07) is 5.52. The van der Waals surface area contributed by atoms with Gasteiger partial charge in [-0.1, -0.05) is 17.7 Å². The Bertz CT molecular complexity index is 465. The molecule has 0 aromatic heterocycles. The van der Waals surface area contributed by atoms with Crippen molar-refractivity contribution in [3.63, 3.8) is 0 Å². The maximum absolute atomic E-state index is 13.2. The third-order valence-corrected chi connectivity index (χ3v) is 1.84. The molecule has 0 aliphatic heterocycles. The number of carbonyl (C=O) groups is 2. The Balaban J connectivity index is 2.60. The molecular weight excluding hydrogens is 223 g/mol. The molecule has 0 aliphatic carbocycles. The van der Waals surface area contributed by atoms with Gasteiger partial charge in [0.2, 0.25) is 0 Å². The van der Waals surface area contributed by atoms with Crippen LogP contribution < -0.4 is 10.9 Å². The predicted octanol–water partition coefficient (Wildman–Crippen LogP) is 1.55. The largest absolute Gasteiger partial charge is 0.272 e. The average molecular weight is 236 g/mol. The highest BCUT2D eigenvalue weighted by Crippen LogP contribution is 2.05. The van der Waals surface area contributed by atoms with Crippen molar-refractivity contribution in [3.8, 4) is 0 Å². The quantitative estimate of drug-likeness (QED) is 0.604. The van der Waals surface area contributed by atoms with Gasteiger partial charge < -0.3 is 0 Å². The van der Waals surface area contributed by atoms with Gasteiger partial charge in [-0.05, 0) is 26.0 Å². The number of benzene rings is 1. The molecule has 0 heterocycles. The topological polar surface area (TPSA) is 58.2 Å². The zero-order valence-electron chi connectivity index (χ0n) is 9.58. The fraction of sp³-hybridized carbons (Fsp3) is 0.167. The molecule has 0 saturated heterocycles. The molecule has 0 atom stereocenters. The van der Waals surface area contributed by atoms with Crippen LogP contribution >= 0.6 is 0 Å². The number of allylic oxidation sites excluding steroid dienone is 1. The summed E-state index contributed by atoms with van der Waals surface area (Å²) in [4.78, 5) is 22.6. The zero-order chi connectivity index (χ0) is 12.8. The summed E-state index contributed by atoms with van der Waals surface area (Å²) < 4.78 is 13.2. The number of hydrogen-bond donors (Lipinski definition) is 2. The van der Waals surface area contributed by atoms with E-state index in [-0.39, 0.29) is 5.56 Å². The van der Waals surface area contributed by atoms with E-state index in [0.717, 1.165) is 5.57 Å². The number of nitrogens with one attached hydrogen (secondary N) is 2.